The molecule has 1 aromatic carbocycles. The van der Waals surface area contributed by atoms with Gasteiger partial charge in [0.25, 0.3) is 0 Å². The van der Waals surface area contributed by atoms with Crippen molar-refractivity contribution in [3.05, 3.63) is 24.3 Å². The van der Waals surface area contributed by atoms with E-state index in [2.05, 4.69) is 5.32 Å². The molecule has 1 N–H and O–H groups in total. The molecule has 24 heavy (non-hydrogen) atoms. The molecule has 0 spiro atoms. The van der Waals surface area contributed by atoms with Crippen LogP contribution in [-0.4, -0.2) is 59.5 Å². The lowest BCUT2D eigenvalue weighted by Crippen LogP contribution is -2.42. The monoisotopic (exact) mass is 349 g/mol. The summed E-state index contributed by atoms with van der Waals surface area (Å²) in [5, 5.41) is 2.35. The summed E-state index contributed by atoms with van der Waals surface area (Å²) in [4.78, 5) is 40.6. The molecule has 1 heterocycles. The molecule has 0 fully saturated rings. The maximum Gasteiger partial charge on any atom is 0.242 e. The van der Waals surface area contributed by atoms with Crippen molar-refractivity contribution in [3.63, 3.8) is 0 Å². The van der Waals surface area contributed by atoms with Gasteiger partial charge in [-0.3, -0.25) is 14.4 Å². The van der Waals surface area contributed by atoms with Crippen LogP contribution in [0.4, 0.5) is 5.69 Å². The zero-order chi connectivity index (χ0) is 17.7. The van der Waals surface area contributed by atoms with Crippen LogP contribution in [0.1, 0.15) is 20.3 Å². The van der Waals surface area contributed by atoms with Crippen molar-refractivity contribution >= 4 is 35.2 Å². The number of hydrogen-bond acceptors (Lipinski definition) is 4. The fourth-order valence-corrected chi connectivity index (χ4v) is 3.61. The lowest BCUT2D eigenvalue weighted by atomic mass is 10.2. The van der Waals surface area contributed by atoms with Crippen LogP contribution in [0, 0.1) is 0 Å². The van der Waals surface area contributed by atoms with Crippen molar-refractivity contribution in [1.29, 1.82) is 0 Å². The molecule has 2 rings (SSSR count). The van der Waals surface area contributed by atoms with Crippen LogP contribution in [0.5, 0.6) is 0 Å². The SMILES string of the molecule is CCN(CC)C(=O)CN(C)C(=O)C[C@@H]1Sc2ccccc2NC1=O. The van der Waals surface area contributed by atoms with Gasteiger partial charge in [0.05, 0.1) is 17.5 Å². The number of fused-ring (bicyclic) bond motifs is 1. The first-order chi connectivity index (χ1) is 11.5. The summed E-state index contributed by atoms with van der Waals surface area (Å²) < 4.78 is 0. The number of amides is 3. The smallest absolute Gasteiger partial charge is 0.242 e. The number of rotatable bonds is 6. The van der Waals surface area contributed by atoms with Crippen molar-refractivity contribution in [2.24, 2.45) is 0 Å². The van der Waals surface area contributed by atoms with Gasteiger partial charge < -0.3 is 15.1 Å². The summed E-state index contributed by atoms with van der Waals surface area (Å²) >= 11 is 1.39. The Morgan fingerprint density at radius 1 is 1.17 bits per heavy atom. The second-order valence-electron chi connectivity index (χ2n) is 5.61. The molecule has 130 valence electrons. The number of hydrogen-bond donors (Lipinski definition) is 1. The number of carbonyl (C=O) groups excluding carboxylic acids is 3. The number of thioether (sulfide) groups is 1. The Balaban J connectivity index is 1.94. The van der Waals surface area contributed by atoms with E-state index in [0.717, 1.165) is 10.6 Å². The maximum absolute atomic E-state index is 12.4. The molecule has 0 aromatic heterocycles. The summed E-state index contributed by atoms with van der Waals surface area (Å²) in [5.74, 6) is -0.458. The number of carbonyl (C=O) groups is 3. The van der Waals surface area contributed by atoms with E-state index in [9.17, 15) is 14.4 Å². The van der Waals surface area contributed by atoms with Gasteiger partial charge in [-0.25, -0.2) is 0 Å². The average molecular weight is 349 g/mol. The first kappa shape index (κ1) is 18.3. The molecule has 6 nitrogen and oxygen atoms in total. The second kappa shape index (κ2) is 8.19. The van der Waals surface area contributed by atoms with Crippen molar-refractivity contribution < 1.29 is 14.4 Å². The van der Waals surface area contributed by atoms with Gasteiger partial charge in [-0.15, -0.1) is 11.8 Å². The molecule has 1 aliphatic heterocycles. The highest BCUT2D eigenvalue weighted by molar-refractivity contribution is 8.01. The van der Waals surface area contributed by atoms with E-state index in [1.54, 1.807) is 11.9 Å². The van der Waals surface area contributed by atoms with E-state index >= 15 is 0 Å². The van der Waals surface area contributed by atoms with E-state index in [1.807, 2.05) is 38.1 Å². The first-order valence-electron chi connectivity index (χ1n) is 8.04. The molecular weight excluding hydrogens is 326 g/mol. The molecule has 0 aliphatic carbocycles. The van der Waals surface area contributed by atoms with Crippen molar-refractivity contribution in [2.75, 3.05) is 32.0 Å². The third-order valence-corrected chi connectivity index (χ3v) is 5.26. The van der Waals surface area contributed by atoms with E-state index in [1.165, 1.54) is 16.7 Å². The fourth-order valence-electron chi connectivity index (χ4n) is 2.51. The molecule has 0 saturated carbocycles. The standard InChI is InChI=1S/C17H23N3O3S/c1-4-20(5-2)16(22)11-19(3)15(21)10-14-17(23)18-12-8-6-7-9-13(12)24-14/h6-9,14H,4-5,10-11H2,1-3H3,(H,18,23)/t14-/m0/s1. The molecule has 1 atom stereocenters. The second-order valence-corrected chi connectivity index (χ2v) is 6.86. The molecule has 0 bridgehead atoms. The number of para-hydroxylation sites is 1. The molecule has 1 aromatic rings. The van der Waals surface area contributed by atoms with Gasteiger partial charge in [-0.05, 0) is 26.0 Å². The van der Waals surface area contributed by atoms with Crippen LogP contribution in [0.3, 0.4) is 0 Å². The van der Waals surface area contributed by atoms with Gasteiger partial charge in [0, 0.05) is 31.5 Å². The summed E-state index contributed by atoms with van der Waals surface area (Å²) in [6.45, 7) is 5.09. The summed E-state index contributed by atoms with van der Waals surface area (Å²) in [5.41, 5.74) is 0.779. The molecular formula is C17H23N3O3S. The quantitative estimate of drug-likeness (QED) is 0.850. The van der Waals surface area contributed by atoms with Gasteiger partial charge in [-0.1, -0.05) is 12.1 Å². The Hall–Kier alpha value is -2.02. The number of anilines is 1. The summed E-state index contributed by atoms with van der Waals surface area (Å²) in [6.07, 6.45) is 0.0763. The fraction of sp³-hybridized carbons (Fsp3) is 0.471. The predicted octanol–water partition coefficient (Wildman–Crippen LogP) is 1.82. The van der Waals surface area contributed by atoms with Crippen molar-refractivity contribution in [3.8, 4) is 0 Å². The minimum atomic E-state index is -0.474. The number of likely N-dealkylation sites (N-methyl/N-ethyl adjacent to an activating group) is 2. The largest absolute Gasteiger partial charge is 0.342 e. The molecule has 0 saturated heterocycles. The number of nitrogens with zero attached hydrogens (tertiary/aromatic N) is 2. The van der Waals surface area contributed by atoms with Crippen LogP contribution < -0.4 is 5.32 Å². The Kier molecular flexibility index (Phi) is 6.25. The van der Waals surface area contributed by atoms with Gasteiger partial charge in [0.1, 0.15) is 0 Å². The van der Waals surface area contributed by atoms with Crippen molar-refractivity contribution in [1.82, 2.24) is 9.80 Å². The van der Waals surface area contributed by atoms with E-state index in [-0.39, 0.29) is 30.7 Å². The minimum absolute atomic E-state index is 0.0378. The zero-order valence-corrected chi connectivity index (χ0v) is 15.1. The zero-order valence-electron chi connectivity index (χ0n) is 14.2. The molecule has 1 aliphatic rings. The number of nitrogens with one attached hydrogen (secondary N) is 1. The summed E-state index contributed by atoms with van der Waals surface area (Å²) in [6, 6.07) is 7.52. The van der Waals surface area contributed by atoms with Crippen molar-refractivity contribution in [2.45, 2.75) is 30.4 Å². The lowest BCUT2D eigenvalue weighted by Gasteiger charge is -2.26. The van der Waals surface area contributed by atoms with Gasteiger partial charge in [0.2, 0.25) is 17.7 Å². The van der Waals surface area contributed by atoms with E-state index in [0.29, 0.717) is 13.1 Å². The Bertz CT molecular complexity index is 631. The maximum atomic E-state index is 12.4. The minimum Gasteiger partial charge on any atom is -0.342 e. The highest BCUT2D eigenvalue weighted by atomic mass is 32.2. The van der Waals surface area contributed by atoms with Gasteiger partial charge in [0.15, 0.2) is 0 Å². The highest BCUT2D eigenvalue weighted by Crippen LogP contribution is 2.36. The molecule has 3 amide bonds. The first-order valence-corrected chi connectivity index (χ1v) is 8.92. The Labute approximate surface area is 146 Å². The predicted molar refractivity (Wildman–Crippen MR) is 94.9 cm³/mol. The molecule has 7 heteroatoms. The Morgan fingerprint density at radius 2 is 1.83 bits per heavy atom. The third kappa shape index (κ3) is 4.29. The average Bonchev–Trinajstić information content (AvgIpc) is 2.56. The Morgan fingerprint density at radius 3 is 2.50 bits per heavy atom. The normalized spacial score (nSPS) is 16.1. The molecule has 0 unspecified atom stereocenters. The summed E-state index contributed by atoms with van der Waals surface area (Å²) in [7, 11) is 1.60. The van der Waals surface area contributed by atoms with Crippen LogP contribution in [0.25, 0.3) is 0 Å². The third-order valence-electron chi connectivity index (χ3n) is 3.98. The lowest BCUT2D eigenvalue weighted by molar-refractivity contribution is -0.139. The topological polar surface area (TPSA) is 69.7 Å². The van der Waals surface area contributed by atoms with Gasteiger partial charge >= 0.3 is 0 Å². The van der Waals surface area contributed by atoms with Gasteiger partial charge in [-0.2, -0.15) is 0 Å². The van der Waals surface area contributed by atoms with E-state index in [4.69, 9.17) is 0 Å². The highest BCUT2D eigenvalue weighted by Gasteiger charge is 2.30. The van der Waals surface area contributed by atoms with E-state index < -0.39 is 5.25 Å². The van der Waals surface area contributed by atoms with Crippen LogP contribution in [-0.2, 0) is 14.4 Å². The van der Waals surface area contributed by atoms with Crippen LogP contribution in [0.2, 0.25) is 0 Å². The van der Waals surface area contributed by atoms with Crippen LogP contribution in [0.15, 0.2) is 29.2 Å². The molecule has 0 radical (unpaired) electrons. The van der Waals surface area contributed by atoms with Crippen LogP contribution >= 0.6 is 11.8 Å². The number of benzene rings is 1.